The predicted octanol–water partition coefficient (Wildman–Crippen LogP) is 15.9. The zero-order valence-corrected chi connectivity index (χ0v) is 51.0. The molecule has 7 rings (SSSR count). The number of rotatable bonds is 16. The first-order valence-corrected chi connectivity index (χ1v) is 29.1. The molecular formula is C68H88N4O4S2. The Bertz CT molecular complexity index is 2710. The van der Waals surface area contributed by atoms with E-state index >= 15 is 0 Å². The van der Waals surface area contributed by atoms with Gasteiger partial charge in [-0.3, -0.25) is 0 Å². The summed E-state index contributed by atoms with van der Waals surface area (Å²) in [7, 11) is 0. The second kappa shape index (κ2) is 25.8. The molecule has 0 unspecified atom stereocenters. The van der Waals surface area contributed by atoms with Gasteiger partial charge < -0.3 is 40.2 Å². The molecule has 0 fully saturated rings. The average molecular weight is 1090 g/mol. The van der Waals surface area contributed by atoms with E-state index < -0.39 is 0 Å². The Morgan fingerprint density at radius 3 is 0.821 bits per heavy atom. The second-order valence-corrected chi connectivity index (χ2v) is 25.9. The number of ether oxygens (including phenoxy) is 4. The van der Waals surface area contributed by atoms with Crippen molar-refractivity contribution in [1.82, 2.24) is 10.6 Å². The first-order chi connectivity index (χ1) is 36.9. The molecule has 0 amide bonds. The van der Waals surface area contributed by atoms with Gasteiger partial charge in [0, 0.05) is 37.1 Å². The molecule has 1 aliphatic carbocycles. The van der Waals surface area contributed by atoms with E-state index in [2.05, 4.69) is 167 Å². The third-order valence-electron chi connectivity index (χ3n) is 14.2. The SMILES string of the molecule is CCCOc1c2cc(C(C)(C)C)cc1Cc1cc(C(C)(C)C)cc(c1OCCNC(=S)Nc1ccccc1)Cc1cc(C(C)(C)C)cc(c1OCCC)Cc1cc(C(C)(C)C)cc(c1OCCNC(=S)Nc1ccccc1)C2. The Morgan fingerprint density at radius 2 is 0.603 bits per heavy atom. The van der Waals surface area contributed by atoms with Crippen molar-refractivity contribution >= 4 is 46.0 Å². The predicted molar refractivity (Wildman–Crippen MR) is 336 cm³/mol. The van der Waals surface area contributed by atoms with Crippen molar-refractivity contribution in [2.24, 2.45) is 0 Å². The highest BCUT2D eigenvalue weighted by atomic mass is 32.1. The number of nitrogens with one attached hydrogen (secondary N) is 4. The number of hydrogen-bond acceptors (Lipinski definition) is 6. The largest absolute Gasteiger partial charge is 0.493 e. The number of hydrogen-bond donors (Lipinski definition) is 4. The molecule has 10 heteroatoms. The maximum absolute atomic E-state index is 7.18. The lowest BCUT2D eigenvalue weighted by molar-refractivity contribution is 0.306. The van der Waals surface area contributed by atoms with E-state index in [9.17, 15) is 0 Å². The minimum atomic E-state index is -0.165. The first-order valence-electron chi connectivity index (χ1n) is 28.3. The molecule has 4 N–H and O–H groups in total. The summed E-state index contributed by atoms with van der Waals surface area (Å²) in [6.45, 7) is 35.0. The first kappa shape index (κ1) is 59.6. The van der Waals surface area contributed by atoms with E-state index in [4.69, 9.17) is 43.4 Å². The molecule has 0 saturated heterocycles. The van der Waals surface area contributed by atoms with Gasteiger partial charge in [-0.25, -0.2) is 0 Å². The lowest BCUT2D eigenvalue weighted by atomic mass is 9.79. The summed E-state index contributed by atoms with van der Waals surface area (Å²) >= 11 is 11.6. The van der Waals surface area contributed by atoms with E-state index in [1.807, 2.05) is 60.7 Å². The molecule has 0 aliphatic heterocycles. The minimum Gasteiger partial charge on any atom is -0.493 e. The summed E-state index contributed by atoms with van der Waals surface area (Å²) in [6.07, 6.45) is 4.11. The number of anilines is 2. The number of para-hydroxylation sites is 2. The molecule has 0 aromatic heterocycles. The maximum atomic E-state index is 7.18. The maximum Gasteiger partial charge on any atom is 0.170 e. The molecule has 8 nitrogen and oxygen atoms in total. The molecule has 0 radical (unpaired) electrons. The molecule has 0 heterocycles. The van der Waals surface area contributed by atoms with E-state index in [1.54, 1.807) is 0 Å². The van der Waals surface area contributed by atoms with Crippen molar-refractivity contribution in [3.05, 3.63) is 176 Å². The van der Waals surface area contributed by atoms with Crippen LogP contribution < -0.4 is 40.2 Å². The Hall–Kier alpha value is -6.10. The van der Waals surface area contributed by atoms with Crippen LogP contribution in [0.15, 0.2) is 109 Å². The summed E-state index contributed by atoms with van der Waals surface area (Å²) in [4.78, 5) is 0. The summed E-state index contributed by atoms with van der Waals surface area (Å²) < 4.78 is 28.5. The molecule has 0 saturated carbocycles. The Morgan fingerprint density at radius 1 is 0.372 bits per heavy atom. The molecule has 416 valence electrons. The van der Waals surface area contributed by atoms with Crippen LogP contribution >= 0.6 is 24.4 Å². The van der Waals surface area contributed by atoms with Gasteiger partial charge in [0.2, 0.25) is 0 Å². The molecule has 6 aromatic carbocycles. The van der Waals surface area contributed by atoms with Crippen LogP contribution in [0.2, 0.25) is 0 Å². The summed E-state index contributed by atoms with van der Waals surface area (Å²) in [6, 6.07) is 39.1. The molecule has 0 spiro atoms. The fourth-order valence-corrected chi connectivity index (χ4v) is 10.2. The number of fused-ring (bicyclic) bond motifs is 8. The highest BCUT2D eigenvalue weighted by molar-refractivity contribution is 7.80. The lowest BCUT2D eigenvalue weighted by Gasteiger charge is -2.29. The van der Waals surface area contributed by atoms with Gasteiger partial charge in [0.1, 0.15) is 36.2 Å². The highest BCUT2D eigenvalue weighted by Crippen LogP contribution is 2.44. The van der Waals surface area contributed by atoms with E-state index in [1.165, 1.54) is 22.3 Å². The Balaban J connectivity index is 1.47. The molecule has 0 atom stereocenters. The fourth-order valence-electron chi connectivity index (χ4n) is 9.80. The second-order valence-electron chi connectivity index (χ2n) is 25.1. The lowest BCUT2D eigenvalue weighted by Crippen LogP contribution is -2.32. The van der Waals surface area contributed by atoms with Gasteiger partial charge in [0.15, 0.2) is 10.2 Å². The zero-order valence-electron chi connectivity index (χ0n) is 49.3. The van der Waals surface area contributed by atoms with Crippen molar-refractivity contribution in [3.63, 3.8) is 0 Å². The van der Waals surface area contributed by atoms with Crippen molar-refractivity contribution in [2.45, 2.75) is 157 Å². The summed E-state index contributed by atoms with van der Waals surface area (Å²) in [5.74, 6) is 3.62. The zero-order chi connectivity index (χ0) is 56.4. The standard InChI is InChI=1S/C68H88N4O4S2/c1-15-29-73-59-45-33-49-41-55(67(9,10)11)43-51(61(49)75-31-27-69-63(77)71-57-23-19-17-20-24-57)35-47-39-54(66(6,7)8)40-48(60(47)74-30-16-2)36-52-44-56(68(12,13)14)42-50(34-46(59)38-53(37-45)65(3,4)5)62(52)76-32-28-70-64(78)72-58-25-21-18-22-26-58/h17-26,37-44H,15-16,27-36H2,1-14H3,(H2,69,71,77)(H2,70,72,78). The van der Waals surface area contributed by atoms with Crippen LogP contribution in [0.4, 0.5) is 11.4 Å². The van der Waals surface area contributed by atoms with Crippen LogP contribution in [-0.2, 0) is 47.3 Å². The Kier molecular flexibility index (Phi) is 19.7. The summed E-state index contributed by atoms with van der Waals surface area (Å²) in [5.41, 5.74) is 15.2. The smallest absolute Gasteiger partial charge is 0.170 e. The molecular weight excluding hydrogens is 1000 g/mol. The van der Waals surface area contributed by atoms with Crippen LogP contribution in [0.3, 0.4) is 0 Å². The molecule has 78 heavy (non-hydrogen) atoms. The van der Waals surface area contributed by atoms with Gasteiger partial charge in [-0.15, -0.1) is 0 Å². The monoisotopic (exact) mass is 1090 g/mol. The fraction of sp³-hybridized carbons (Fsp3) is 0.441. The van der Waals surface area contributed by atoms with Crippen molar-refractivity contribution in [2.75, 3.05) is 50.2 Å². The average Bonchev–Trinajstić information content (AvgIpc) is 3.37. The van der Waals surface area contributed by atoms with E-state index in [0.29, 0.717) is 75.4 Å². The van der Waals surface area contributed by atoms with Crippen molar-refractivity contribution < 1.29 is 18.9 Å². The number of benzene rings is 6. The summed E-state index contributed by atoms with van der Waals surface area (Å²) in [5, 5.41) is 14.6. The van der Waals surface area contributed by atoms with Crippen LogP contribution in [0.5, 0.6) is 23.0 Å². The van der Waals surface area contributed by atoms with Crippen molar-refractivity contribution in [1.29, 1.82) is 0 Å². The normalized spacial score (nSPS) is 12.8. The molecule has 1 aliphatic rings. The van der Waals surface area contributed by atoms with Gasteiger partial charge in [-0.05, 0) is 150 Å². The van der Waals surface area contributed by atoms with Gasteiger partial charge in [0.05, 0.1) is 26.3 Å². The van der Waals surface area contributed by atoms with Gasteiger partial charge in [-0.1, -0.05) is 182 Å². The topological polar surface area (TPSA) is 85.0 Å². The third-order valence-corrected chi connectivity index (χ3v) is 14.7. The quantitative estimate of drug-likeness (QED) is 0.0555. The third kappa shape index (κ3) is 16.0. The van der Waals surface area contributed by atoms with E-state index in [-0.39, 0.29) is 21.7 Å². The molecule has 8 bridgehead atoms. The molecule has 6 aromatic rings. The van der Waals surface area contributed by atoms with Gasteiger partial charge in [-0.2, -0.15) is 0 Å². The Labute approximate surface area is 479 Å². The van der Waals surface area contributed by atoms with Crippen molar-refractivity contribution in [3.8, 4) is 23.0 Å². The van der Waals surface area contributed by atoms with Crippen LogP contribution in [0.1, 0.15) is 177 Å². The van der Waals surface area contributed by atoms with Crippen LogP contribution in [0.25, 0.3) is 0 Å². The van der Waals surface area contributed by atoms with Crippen LogP contribution in [0, 0.1) is 0 Å². The van der Waals surface area contributed by atoms with Crippen LogP contribution in [-0.4, -0.2) is 49.7 Å². The van der Waals surface area contributed by atoms with Gasteiger partial charge >= 0.3 is 0 Å². The highest BCUT2D eigenvalue weighted by Gasteiger charge is 2.29. The minimum absolute atomic E-state index is 0.164. The number of thiocarbonyl (C=S) groups is 2. The van der Waals surface area contributed by atoms with E-state index in [0.717, 1.165) is 91.7 Å². The van der Waals surface area contributed by atoms with Gasteiger partial charge in [0.25, 0.3) is 0 Å².